The molecule has 0 fully saturated rings. The molecular formula is C16H17ClF2N2. The first-order chi connectivity index (χ1) is 10.0. The van der Waals surface area contributed by atoms with Crippen molar-refractivity contribution in [2.24, 2.45) is 5.73 Å². The van der Waals surface area contributed by atoms with E-state index < -0.39 is 5.82 Å². The predicted octanol–water partition coefficient (Wildman–Crippen LogP) is 3.75. The van der Waals surface area contributed by atoms with Gasteiger partial charge in [-0.15, -0.1) is 0 Å². The molecule has 0 amide bonds. The molecule has 0 aliphatic rings. The van der Waals surface area contributed by atoms with Crippen LogP contribution in [-0.2, 0) is 6.54 Å². The van der Waals surface area contributed by atoms with Crippen LogP contribution in [0.1, 0.15) is 17.2 Å². The van der Waals surface area contributed by atoms with Gasteiger partial charge in [-0.25, -0.2) is 8.78 Å². The third kappa shape index (κ3) is 3.79. The van der Waals surface area contributed by atoms with Crippen LogP contribution in [0.5, 0.6) is 0 Å². The molecule has 0 spiro atoms. The van der Waals surface area contributed by atoms with E-state index in [4.69, 9.17) is 17.3 Å². The molecule has 0 heterocycles. The van der Waals surface area contributed by atoms with Gasteiger partial charge in [-0.1, -0.05) is 35.9 Å². The second-order valence-electron chi connectivity index (χ2n) is 4.93. The molecule has 112 valence electrons. The molecule has 0 aliphatic carbocycles. The van der Waals surface area contributed by atoms with E-state index in [1.54, 1.807) is 30.3 Å². The summed E-state index contributed by atoms with van der Waals surface area (Å²) >= 11 is 5.81. The zero-order valence-electron chi connectivity index (χ0n) is 11.7. The van der Waals surface area contributed by atoms with Gasteiger partial charge in [-0.2, -0.15) is 0 Å². The molecule has 0 aliphatic heterocycles. The maximum atomic E-state index is 13.7. The van der Waals surface area contributed by atoms with Gasteiger partial charge < -0.3 is 5.73 Å². The summed E-state index contributed by atoms with van der Waals surface area (Å²) in [7, 11) is 1.85. The SMILES string of the molecule is CN(Cc1ccccc1F)C(CN)c1ccc(F)c(Cl)c1. The first-order valence-electron chi connectivity index (χ1n) is 6.61. The van der Waals surface area contributed by atoms with E-state index in [-0.39, 0.29) is 16.9 Å². The number of hydrogen-bond acceptors (Lipinski definition) is 2. The predicted molar refractivity (Wildman–Crippen MR) is 81.1 cm³/mol. The fraction of sp³-hybridized carbons (Fsp3) is 0.250. The molecule has 0 saturated heterocycles. The number of nitrogens with zero attached hydrogens (tertiary/aromatic N) is 1. The van der Waals surface area contributed by atoms with Crippen LogP contribution in [0.2, 0.25) is 5.02 Å². The van der Waals surface area contributed by atoms with E-state index in [0.717, 1.165) is 5.56 Å². The van der Waals surface area contributed by atoms with Crippen molar-refractivity contribution in [1.29, 1.82) is 0 Å². The van der Waals surface area contributed by atoms with Gasteiger partial charge in [0.2, 0.25) is 0 Å². The Morgan fingerprint density at radius 2 is 1.86 bits per heavy atom. The van der Waals surface area contributed by atoms with Gasteiger partial charge in [-0.3, -0.25) is 4.90 Å². The number of halogens is 3. The lowest BCUT2D eigenvalue weighted by molar-refractivity contribution is 0.238. The lowest BCUT2D eigenvalue weighted by atomic mass is 10.0. The molecule has 0 radical (unpaired) electrons. The van der Waals surface area contributed by atoms with Crippen molar-refractivity contribution in [2.45, 2.75) is 12.6 Å². The minimum absolute atomic E-state index is 0.0604. The maximum absolute atomic E-state index is 13.7. The van der Waals surface area contributed by atoms with Crippen molar-refractivity contribution in [3.63, 3.8) is 0 Å². The molecule has 2 aromatic carbocycles. The fourth-order valence-corrected chi connectivity index (χ4v) is 2.48. The van der Waals surface area contributed by atoms with Crippen LogP contribution < -0.4 is 5.73 Å². The second kappa shape index (κ2) is 6.98. The van der Waals surface area contributed by atoms with Crippen molar-refractivity contribution < 1.29 is 8.78 Å². The number of likely N-dealkylation sites (N-methyl/N-ethyl adjacent to an activating group) is 1. The highest BCUT2D eigenvalue weighted by Gasteiger charge is 2.18. The normalized spacial score (nSPS) is 12.7. The zero-order chi connectivity index (χ0) is 15.4. The molecule has 2 aromatic rings. The Balaban J connectivity index is 2.20. The van der Waals surface area contributed by atoms with Crippen molar-refractivity contribution in [3.05, 3.63) is 70.2 Å². The summed E-state index contributed by atoms with van der Waals surface area (Å²) in [5.41, 5.74) is 7.21. The lowest BCUT2D eigenvalue weighted by Crippen LogP contribution is -2.30. The van der Waals surface area contributed by atoms with Gasteiger partial charge in [-0.05, 0) is 30.8 Å². The largest absolute Gasteiger partial charge is 0.329 e. The maximum Gasteiger partial charge on any atom is 0.141 e. The number of rotatable bonds is 5. The number of benzene rings is 2. The van der Waals surface area contributed by atoms with E-state index in [1.807, 2.05) is 11.9 Å². The van der Waals surface area contributed by atoms with Gasteiger partial charge in [0.1, 0.15) is 11.6 Å². The molecule has 2 N–H and O–H groups in total. The fourth-order valence-electron chi connectivity index (χ4n) is 2.30. The van der Waals surface area contributed by atoms with Gasteiger partial charge in [0.05, 0.1) is 5.02 Å². The summed E-state index contributed by atoms with van der Waals surface area (Å²) in [6, 6.07) is 11.0. The Bertz CT molecular complexity index is 619. The second-order valence-corrected chi connectivity index (χ2v) is 5.34. The van der Waals surface area contributed by atoms with E-state index >= 15 is 0 Å². The molecule has 21 heavy (non-hydrogen) atoms. The van der Waals surface area contributed by atoms with E-state index in [2.05, 4.69) is 0 Å². The third-order valence-corrected chi connectivity index (χ3v) is 3.75. The van der Waals surface area contributed by atoms with Crippen molar-refractivity contribution >= 4 is 11.6 Å². The first-order valence-corrected chi connectivity index (χ1v) is 6.99. The third-order valence-electron chi connectivity index (χ3n) is 3.46. The minimum atomic E-state index is -0.465. The van der Waals surface area contributed by atoms with Crippen LogP contribution in [0.15, 0.2) is 42.5 Å². The summed E-state index contributed by atoms with van der Waals surface area (Å²) in [6.45, 7) is 0.733. The van der Waals surface area contributed by atoms with Crippen LogP contribution in [0, 0.1) is 11.6 Å². The van der Waals surface area contributed by atoms with Crippen LogP contribution in [0.4, 0.5) is 8.78 Å². The quantitative estimate of drug-likeness (QED) is 0.911. The number of hydrogen-bond donors (Lipinski definition) is 1. The molecule has 2 nitrogen and oxygen atoms in total. The van der Waals surface area contributed by atoms with E-state index in [1.165, 1.54) is 12.1 Å². The summed E-state index contributed by atoms with van der Waals surface area (Å²) < 4.78 is 26.9. The smallest absolute Gasteiger partial charge is 0.141 e. The standard InChI is InChI=1S/C16H17ClF2N2/c1-21(10-12-4-2-3-5-14(12)18)16(9-20)11-6-7-15(19)13(17)8-11/h2-8,16H,9-10,20H2,1H3. The molecule has 5 heteroatoms. The average Bonchev–Trinajstić information content (AvgIpc) is 2.46. The first kappa shape index (κ1) is 15.9. The summed E-state index contributed by atoms with van der Waals surface area (Å²) in [4.78, 5) is 1.92. The highest BCUT2D eigenvalue weighted by atomic mass is 35.5. The topological polar surface area (TPSA) is 29.3 Å². The Labute approximate surface area is 128 Å². The highest BCUT2D eigenvalue weighted by molar-refractivity contribution is 6.30. The van der Waals surface area contributed by atoms with Gasteiger partial charge in [0.15, 0.2) is 0 Å². The molecular weight excluding hydrogens is 294 g/mol. The van der Waals surface area contributed by atoms with Gasteiger partial charge >= 0.3 is 0 Å². The Morgan fingerprint density at radius 1 is 1.14 bits per heavy atom. The molecule has 2 rings (SSSR count). The zero-order valence-corrected chi connectivity index (χ0v) is 12.4. The molecule has 1 unspecified atom stereocenters. The van der Waals surface area contributed by atoms with Gasteiger partial charge in [0.25, 0.3) is 0 Å². The van der Waals surface area contributed by atoms with Crippen molar-refractivity contribution in [1.82, 2.24) is 4.90 Å². The number of nitrogens with two attached hydrogens (primary N) is 1. The average molecular weight is 311 g/mol. The summed E-state index contributed by atoms with van der Waals surface area (Å²) in [5.74, 6) is -0.717. The summed E-state index contributed by atoms with van der Waals surface area (Å²) in [6.07, 6.45) is 0. The Hall–Kier alpha value is -1.49. The van der Waals surface area contributed by atoms with Crippen LogP contribution >= 0.6 is 11.6 Å². The Kier molecular flexibility index (Phi) is 5.28. The molecule has 0 aromatic heterocycles. The van der Waals surface area contributed by atoms with Crippen LogP contribution in [-0.4, -0.2) is 18.5 Å². The summed E-state index contributed by atoms with van der Waals surface area (Å²) in [5, 5.41) is 0.0604. The van der Waals surface area contributed by atoms with Gasteiger partial charge in [0, 0.05) is 24.7 Å². The van der Waals surface area contributed by atoms with E-state index in [0.29, 0.717) is 18.7 Å². The van der Waals surface area contributed by atoms with Crippen LogP contribution in [0.25, 0.3) is 0 Å². The molecule has 0 saturated carbocycles. The van der Waals surface area contributed by atoms with Crippen molar-refractivity contribution in [3.8, 4) is 0 Å². The van der Waals surface area contributed by atoms with Crippen molar-refractivity contribution in [2.75, 3.05) is 13.6 Å². The molecule has 0 bridgehead atoms. The van der Waals surface area contributed by atoms with Crippen LogP contribution in [0.3, 0.4) is 0 Å². The highest BCUT2D eigenvalue weighted by Crippen LogP contribution is 2.25. The minimum Gasteiger partial charge on any atom is -0.329 e. The lowest BCUT2D eigenvalue weighted by Gasteiger charge is -2.27. The van der Waals surface area contributed by atoms with E-state index in [9.17, 15) is 8.78 Å². The monoisotopic (exact) mass is 310 g/mol. The Morgan fingerprint density at radius 3 is 2.48 bits per heavy atom. The molecule has 1 atom stereocenters.